The number of carbonyl (C=O) groups excluding carboxylic acids is 1. The number of fused-ring (bicyclic) bond motifs is 5. The van der Waals surface area contributed by atoms with Gasteiger partial charge in [-0.15, -0.1) is 0 Å². The van der Waals surface area contributed by atoms with Crippen molar-refractivity contribution in [3.63, 3.8) is 0 Å². The first-order valence-corrected chi connectivity index (χ1v) is 8.48. The molecule has 1 heterocycles. The first-order chi connectivity index (χ1) is 11.8. The third-order valence-corrected chi connectivity index (χ3v) is 5.36. The predicted octanol–water partition coefficient (Wildman–Crippen LogP) is 3.91. The summed E-state index contributed by atoms with van der Waals surface area (Å²) in [5.41, 5.74) is 2.37. The Morgan fingerprint density at radius 3 is 2.00 bits per heavy atom. The Morgan fingerprint density at radius 2 is 1.38 bits per heavy atom. The third kappa shape index (κ3) is 2.16. The quantitative estimate of drug-likeness (QED) is 0.636. The van der Waals surface area contributed by atoms with Gasteiger partial charge in [0.2, 0.25) is 0 Å². The highest BCUT2D eigenvalue weighted by molar-refractivity contribution is 6.08. The van der Waals surface area contributed by atoms with E-state index in [0.717, 1.165) is 12.0 Å². The summed E-state index contributed by atoms with van der Waals surface area (Å²) >= 11 is 0. The molecular weight excluding hydrogens is 300 g/mol. The monoisotopic (exact) mass is 318 g/mol. The molecule has 5 atom stereocenters. The van der Waals surface area contributed by atoms with Gasteiger partial charge < -0.3 is 9.47 Å². The van der Waals surface area contributed by atoms with Crippen LogP contribution in [0.1, 0.15) is 34.2 Å². The number of rotatable bonds is 3. The van der Waals surface area contributed by atoms with E-state index in [0.29, 0.717) is 23.0 Å². The topological polar surface area (TPSA) is 35.5 Å². The average Bonchev–Trinajstić information content (AvgIpc) is 3.35. The molecule has 2 aromatic carbocycles. The molecule has 0 amide bonds. The predicted molar refractivity (Wildman–Crippen MR) is 89.5 cm³/mol. The molecule has 2 bridgehead atoms. The van der Waals surface area contributed by atoms with E-state index in [9.17, 15) is 4.79 Å². The summed E-state index contributed by atoms with van der Waals surface area (Å²) in [6, 6.07) is 16.9. The van der Waals surface area contributed by atoms with Gasteiger partial charge in [-0.05, 0) is 6.42 Å². The Hall–Kier alpha value is -2.23. The van der Waals surface area contributed by atoms with Gasteiger partial charge in [-0.1, -0.05) is 66.7 Å². The van der Waals surface area contributed by atoms with E-state index in [2.05, 4.69) is 12.2 Å². The minimum absolute atomic E-state index is 0.0366. The standard InChI is InChI=1S/C21H18O3/c22-18(13-4-2-1-3-5-13)14-6-8-15(9-7-14)21-23-19-16-10-11-17(12-16)20(19)24-21/h1-11,16-17,19-21H,12H2/t16-,17+,19+,20-,21?. The van der Waals surface area contributed by atoms with Crippen molar-refractivity contribution in [2.24, 2.45) is 11.8 Å². The fraction of sp³-hybridized carbons (Fsp3) is 0.286. The van der Waals surface area contributed by atoms with Crippen LogP contribution in [0.25, 0.3) is 0 Å². The Bertz CT molecular complexity index is 774. The maximum Gasteiger partial charge on any atom is 0.193 e. The zero-order valence-electron chi connectivity index (χ0n) is 13.2. The molecule has 2 aliphatic carbocycles. The van der Waals surface area contributed by atoms with Crippen molar-refractivity contribution in [3.8, 4) is 0 Å². The van der Waals surface area contributed by atoms with E-state index in [1.165, 1.54) is 0 Å². The van der Waals surface area contributed by atoms with Crippen LogP contribution in [0, 0.1) is 11.8 Å². The Morgan fingerprint density at radius 1 is 0.792 bits per heavy atom. The first kappa shape index (κ1) is 14.1. The Labute approximate surface area is 140 Å². The molecule has 2 fully saturated rings. The number of benzene rings is 2. The van der Waals surface area contributed by atoms with Gasteiger partial charge in [0.05, 0.1) is 12.2 Å². The summed E-state index contributed by atoms with van der Waals surface area (Å²) < 4.78 is 12.3. The lowest BCUT2D eigenvalue weighted by molar-refractivity contribution is -0.0822. The van der Waals surface area contributed by atoms with Crippen LogP contribution in [-0.4, -0.2) is 18.0 Å². The Kier molecular flexibility index (Phi) is 3.18. The van der Waals surface area contributed by atoms with E-state index < -0.39 is 0 Å². The van der Waals surface area contributed by atoms with Gasteiger partial charge in [0.1, 0.15) is 0 Å². The van der Waals surface area contributed by atoms with Crippen LogP contribution < -0.4 is 0 Å². The van der Waals surface area contributed by atoms with Crippen molar-refractivity contribution < 1.29 is 14.3 Å². The molecule has 0 spiro atoms. The van der Waals surface area contributed by atoms with E-state index in [1.807, 2.05) is 54.6 Å². The lowest BCUT2D eigenvalue weighted by Gasteiger charge is -2.15. The largest absolute Gasteiger partial charge is 0.342 e. The van der Waals surface area contributed by atoms with Crippen molar-refractivity contribution in [3.05, 3.63) is 83.4 Å². The van der Waals surface area contributed by atoms with E-state index >= 15 is 0 Å². The van der Waals surface area contributed by atoms with Crippen molar-refractivity contribution >= 4 is 5.78 Å². The van der Waals surface area contributed by atoms with Crippen LogP contribution in [0.3, 0.4) is 0 Å². The number of carbonyl (C=O) groups is 1. The molecule has 24 heavy (non-hydrogen) atoms. The summed E-state index contributed by atoms with van der Waals surface area (Å²) in [7, 11) is 0. The van der Waals surface area contributed by atoms with Crippen LogP contribution in [0.2, 0.25) is 0 Å². The summed E-state index contributed by atoms with van der Waals surface area (Å²) in [5.74, 6) is 1.04. The molecule has 3 aliphatic rings. The van der Waals surface area contributed by atoms with Gasteiger partial charge in [0.15, 0.2) is 12.1 Å². The minimum atomic E-state index is -0.314. The molecular formula is C21H18O3. The third-order valence-electron chi connectivity index (χ3n) is 5.36. The van der Waals surface area contributed by atoms with Crippen molar-refractivity contribution in [1.29, 1.82) is 0 Å². The van der Waals surface area contributed by atoms with E-state index in [1.54, 1.807) is 0 Å². The maximum absolute atomic E-state index is 12.5. The molecule has 5 rings (SSSR count). The second kappa shape index (κ2) is 5.40. The molecule has 2 aromatic rings. The summed E-state index contributed by atoms with van der Waals surface area (Å²) in [4.78, 5) is 12.5. The van der Waals surface area contributed by atoms with E-state index in [4.69, 9.17) is 9.47 Å². The lowest BCUT2D eigenvalue weighted by Crippen LogP contribution is -2.26. The number of hydrogen-bond acceptors (Lipinski definition) is 3. The fourth-order valence-corrected chi connectivity index (χ4v) is 4.11. The van der Waals surface area contributed by atoms with Crippen LogP contribution >= 0.6 is 0 Å². The van der Waals surface area contributed by atoms with Crippen molar-refractivity contribution in [2.45, 2.75) is 24.9 Å². The molecule has 0 N–H and O–H groups in total. The van der Waals surface area contributed by atoms with Gasteiger partial charge in [-0.3, -0.25) is 4.79 Å². The van der Waals surface area contributed by atoms with E-state index in [-0.39, 0.29) is 24.3 Å². The molecule has 1 aliphatic heterocycles. The zero-order valence-corrected chi connectivity index (χ0v) is 13.2. The Balaban J connectivity index is 1.34. The lowest BCUT2D eigenvalue weighted by atomic mass is 10.0. The van der Waals surface area contributed by atoms with Crippen LogP contribution in [0.15, 0.2) is 66.7 Å². The first-order valence-electron chi connectivity index (χ1n) is 8.48. The molecule has 0 aromatic heterocycles. The number of hydrogen-bond donors (Lipinski definition) is 0. The van der Waals surface area contributed by atoms with Crippen LogP contribution in [-0.2, 0) is 9.47 Å². The molecule has 120 valence electrons. The average molecular weight is 318 g/mol. The second-order valence-electron chi connectivity index (χ2n) is 6.80. The minimum Gasteiger partial charge on any atom is -0.342 e. The highest BCUT2D eigenvalue weighted by Crippen LogP contribution is 2.49. The molecule has 0 radical (unpaired) electrons. The zero-order chi connectivity index (χ0) is 16.1. The molecule has 3 nitrogen and oxygen atoms in total. The summed E-state index contributed by atoms with van der Waals surface area (Å²) in [6.07, 6.45) is 5.75. The summed E-state index contributed by atoms with van der Waals surface area (Å²) in [5, 5.41) is 0. The van der Waals surface area contributed by atoms with Crippen LogP contribution in [0.4, 0.5) is 0 Å². The smallest absolute Gasteiger partial charge is 0.193 e. The molecule has 1 unspecified atom stereocenters. The summed E-state index contributed by atoms with van der Waals surface area (Å²) in [6.45, 7) is 0. The van der Waals surface area contributed by atoms with Crippen molar-refractivity contribution in [1.82, 2.24) is 0 Å². The van der Waals surface area contributed by atoms with Crippen molar-refractivity contribution in [2.75, 3.05) is 0 Å². The fourth-order valence-electron chi connectivity index (χ4n) is 4.11. The number of ether oxygens (including phenoxy) is 2. The van der Waals surface area contributed by atoms with Crippen LogP contribution in [0.5, 0.6) is 0 Å². The van der Waals surface area contributed by atoms with Gasteiger partial charge in [-0.25, -0.2) is 0 Å². The van der Waals surface area contributed by atoms with Gasteiger partial charge in [0, 0.05) is 28.5 Å². The number of ketones is 1. The molecule has 3 heteroatoms. The molecule has 1 saturated heterocycles. The maximum atomic E-state index is 12.5. The van der Waals surface area contributed by atoms with Gasteiger partial charge in [0.25, 0.3) is 0 Å². The highest BCUT2D eigenvalue weighted by atomic mass is 16.7. The molecule has 1 saturated carbocycles. The normalized spacial score (nSPS) is 32.9. The van der Waals surface area contributed by atoms with Gasteiger partial charge in [-0.2, -0.15) is 0 Å². The second-order valence-corrected chi connectivity index (χ2v) is 6.80. The highest BCUT2D eigenvalue weighted by Gasteiger charge is 2.52. The van der Waals surface area contributed by atoms with Gasteiger partial charge >= 0.3 is 0 Å². The SMILES string of the molecule is O=C(c1ccccc1)c1ccc(C2O[C@@H]3[C@H](O2)[C@H]2C=C[C@@H]3C2)cc1.